The van der Waals surface area contributed by atoms with Gasteiger partial charge in [-0.2, -0.15) is 0 Å². The molecule has 1 unspecified atom stereocenters. The van der Waals surface area contributed by atoms with Crippen LogP contribution in [0.1, 0.15) is 24.0 Å². The number of hydrogen-bond acceptors (Lipinski definition) is 5. The van der Waals surface area contributed by atoms with Gasteiger partial charge in [-0.3, -0.25) is 19.8 Å². The molecule has 142 valence electrons. The Kier molecular flexibility index (Phi) is 6.13. The van der Waals surface area contributed by atoms with Crippen molar-refractivity contribution in [3.05, 3.63) is 63.7 Å². The molecule has 1 atom stereocenters. The third-order valence-corrected chi connectivity index (χ3v) is 5.80. The molecule has 0 spiro atoms. The molecule has 6 nitrogen and oxygen atoms in total. The van der Waals surface area contributed by atoms with Crippen LogP contribution in [0.4, 0.5) is 5.69 Å². The van der Waals surface area contributed by atoms with Crippen LogP contribution in [0.2, 0.25) is 0 Å². The highest BCUT2D eigenvalue weighted by molar-refractivity contribution is 7.99. The van der Waals surface area contributed by atoms with Crippen molar-refractivity contribution in [1.29, 1.82) is 0 Å². The van der Waals surface area contributed by atoms with E-state index in [0.29, 0.717) is 24.4 Å². The third kappa shape index (κ3) is 5.08. The summed E-state index contributed by atoms with van der Waals surface area (Å²) in [4.78, 5) is 26.0. The van der Waals surface area contributed by atoms with Crippen LogP contribution in [-0.2, 0) is 11.3 Å². The molecule has 0 saturated carbocycles. The number of likely N-dealkylation sites (tertiary alicyclic amines) is 1. The molecule has 1 N–H and O–H groups in total. The first-order valence-corrected chi connectivity index (χ1v) is 9.71. The second kappa shape index (κ2) is 8.54. The van der Waals surface area contributed by atoms with Crippen LogP contribution < -0.4 is 0 Å². The number of nitro groups is 1. The minimum atomic E-state index is -0.768. The van der Waals surface area contributed by atoms with E-state index in [-0.39, 0.29) is 16.5 Å². The Bertz CT molecular complexity index is 838. The SMILES string of the molecule is Cc1ccc(Sc2ccc(CN3CCCC(C(=O)O)C3)cc2[N+](=O)[O-])cc1. The van der Waals surface area contributed by atoms with Crippen LogP contribution in [0.15, 0.2) is 52.3 Å². The van der Waals surface area contributed by atoms with Crippen molar-refractivity contribution in [3.8, 4) is 0 Å². The van der Waals surface area contributed by atoms with E-state index in [4.69, 9.17) is 0 Å². The number of carboxylic acids is 1. The zero-order valence-corrected chi connectivity index (χ0v) is 15.9. The van der Waals surface area contributed by atoms with Gasteiger partial charge in [0.2, 0.25) is 0 Å². The normalized spacial score (nSPS) is 17.6. The molecule has 27 heavy (non-hydrogen) atoms. The topological polar surface area (TPSA) is 83.7 Å². The van der Waals surface area contributed by atoms with Gasteiger partial charge in [0.05, 0.1) is 15.7 Å². The van der Waals surface area contributed by atoms with Gasteiger partial charge in [-0.15, -0.1) is 0 Å². The Morgan fingerprint density at radius 1 is 1.30 bits per heavy atom. The Balaban J connectivity index is 1.76. The molecule has 0 aliphatic carbocycles. The van der Waals surface area contributed by atoms with Gasteiger partial charge < -0.3 is 5.11 Å². The quantitative estimate of drug-likeness (QED) is 0.587. The van der Waals surface area contributed by atoms with Gasteiger partial charge in [-0.1, -0.05) is 35.5 Å². The molecule has 0 radical (unpaired) electrons. The van der Waals surface area contributed by atoms with E-state index in [1.54, 1.807) is 12.1 Å². The van der Waals surface area contributed by atoms with Gasteiger partial charge >= 0.3 is 5.97 Å². The van der Waals surface area contributed by atoms with Crippen molar-refractivity contribution in [2.24, 2.45) is 5.92 Å². The van der Waals surface area contributed by atoms with Gasteiger partial charge in [0.15, 0.2) is 0 Å². The van der Waals surface area contributed by atoms with Crippen molar-refractivity contribution in [1.82, 2.24) is 4.90 Å². The maximum absolute atomic E-state index is 11.6. The minimum Gasteiger partial charge on any atom is -0.481 e. The highest BCUT2D eigenvalue weighted by atomic mass is 32.2. The largest absolute Gasteiger partial charge is 0.481 e. The highest BCUT2D eigenvalue weighted by Gasteiger charge is 2.26. The number of carboxylic acid groups (broad SMARTS) is 1. The van der Waals surface area contributed by atoms with Gasteiger partial charge in [0.1, 0.15) is 0 Å². The monoisotopic (exact) mass is 386 g/mol. The summed E-state index contributed by atoms with van der Waals surface area (Å²) in [6.45, 7) is 3.84. The molecule has 2 aromatic rings. The van der Waals surface area contributed by atoms with E-state index in [0.717, 1.165) is 29.0 Å². The van der Waals surface area contributed by atoms with Crippen LogP contribution in [0, 0.1) is 23.0 Å². The zero-order chi connectivity index (χ0) is 19.4. The van der Waals surface area contributed by atoms with Crippen LogP contribution >= 0.6 is 11.8 Å². The maximum Gasteiger partial charge on any atom is 0.307 e. The van der Waals surface area contributed by atoms with Crippen molar-refractivity contribution >= 4 is 23.4 Å². The summed E-state index contributed by atoms with van der Waals surface area (Å²) in [7, 11) is 0. The predicted octanol–water partition coefficient (Wildman–Crippen LogP) is 4.35. The summed E-state index contributed by atoms with van der Waals surface area (Å²) in [5.41, 5.74) is 2.07. The number of rotatable bonds is 6. The van der Waals surface area contributed by atoms with Gasteiger partial charge in [-0.25, -0.2) is 0 Å². The first-order valence-electron chi connectivity index (χ1n) is 8.89. The lowest BCUT2D eigenvalue weighted by Gasteiger charge is -2.30. The van der Waals surface area contributed by atoms with Crippen LogP contribution in [-0.4, -0.2) is 34.0 Å². The van der Waals surface area contributed by atoms with Gasteiger partial charge in [0, 0.05) is 24.1 Å². The summed E-state index contributed by atoms with van der Waals surface area (Å²) in [5, 5.41) is 20.8. The second-order valence-corrected chi connectivity index (χ2v) is 8.00. The Hall–Kier alpha value is -2.38. The fourth-order valence-electron chi connectivity index (χ4n) is 3.28. The first-order chi connectivity index (χ1) is 12.9. The Morgan fingerprint density at radius 2 is 2.04 bits per heavy atom. The molecule has 0 aromatic heterocycles. The number of piperidine rings is 1. The smallest absolute Gasteiger partial charge is 0.307 e. The maximum atomic E-state index is 11.6. The molecular formula is C20H22N2O4S. The first kappa shape index (κ1) is 19.4. The summed E-state index contributed by atoms with van der Waals surface area (Å²) in [5.74, 6) is -1.12. The summed E-state index contributed by atoms with van der Waals surface area (Å²) < 4.78 is 0. The number of aliphatic carboxylic acids is 1. The van der Waals surface area contributed by atoms with Crippen LogP contribution in [0.5, 0.6) is 0 Å². The van der Waals surface area contributed by atoms with Crippen molar-refractivity contribution < 1.29 is 14.8 Å². The highest BCUT2D eigenvalue weighted by Crippen LogP contribution is 2.35. The molecule has 1 aliphatic heterocycles. The summed E-state index contributed by atoms with van der Waals surface area (Å²) >= 11 is 1.38. The molecule has 3 rings (SSSR count). The number of hydrogen-bond donors (Lipinski definition) is 1. The summed E-state index contributed by atoms with van der Waals surface area (Å²) in [6.07, 6.45) is 1.53. The predicted molar refractivity (Wildman–Crippen MR) is 104 cm³/mol. The molecule has 1 fully saturated rings. The van der Waals surface area contributed by atoms with E-state index >= 15 is 0 Å². The molecule has 1 aliphatic rings. The lowest BCUT2D eigenvalue weighted by Crippen LogP contribution is -2.38. The molecule has 2 aromatic carbocycles. The van der Waals surface area contributed by atoms with Crippen molar-refractivity contribution in [2.45, 2.75) is 36.1 Å². The molecule has 1 saturated heterocycles. The number of benzene rings is 2. The lowest BCUT2D eigenvalue weighted by molar-refractivity contribution is -0.387. The lowest BCUT2D eigenvalue weighted by atomic mass is 9.98. The number of aryl methyl sites for hydroxylation is 1. The van der Waals surface area contributed by atoms with Crippen molar-refractivity contribution in [2.75, 3.05) is 13.1 Å². The van der Waals surface area contributed by atoms with E-state index in [1.165, 1.54) is 11.8 Å². The standard InChI is InChI=1S/C20H22N2O4S/c1-14-4-7-17(8-5-14)27-19-9-6-15(11-18(19)22(25)26)12-21-10-2-3-16(13-21)20(23)24/h4-9,11,16H,2-3,10,12-13H2,1H3,(H,23,24). The Morgan fingerprint density at radius 3 is 2.70 bits per heavy atom. The fraction of sp³-hybridized carbons (Fsp3) is 0.350. The van der Waals surface area contributed by atoms with E-state index < -0.39 is 5.97 Å². The minimum absolute atomic E-state index is 0.0878. The average Bonchev–Trinajstić information content (AvgIpc) is 2.65. The van der Waals surface area contributed by atoms with Crippen molar-refractivity contribution in [3.63, 3.8) is 0 Å². The number of nitro benzene ring substituents is 1. The van der Waals surface area contributed by atoms with E-state index in [2.05, 4.69) is 4.90 Å². The molecule has 0 amide bonds. The summed E-state index contributed by atoms with van der Waals surface area (Å²) in [6, 6.07) is 13.2. The van der Waals surface area contributed by atoms with Crippen LogP contribution in [0.3, 0.4) is 0 Å². The molecule has 1 heterocycles. The van der Waals surface area contributed by atoms with Gasteiger partial charge in [-0.05, 0) is 50.1 Å². The third-order valence-electron chi connectivity index (χ3n) is 4.73. The van der Waals surface area contributed by atoms with E-state index in [1.807, 2.05) is 37.3 Å². The van der Waals surface area contributed by atoms with Crippen LogP contribution in [0.25, 0.3) is 0 Å². The van der Waals surface area contributed by atoms with E-state index in [9.17, 15) is 20.0 Å². The van der Waals surface area contributed by atoms with Gasteiger partial charge in [0.25, 0.3) is 5.69 Å². The number of carbonyl (C=O) groups is 1. The fourth-order valence-corrected chi connectivity index (χ4v) is 4.18. The molecule has 7 heteroatoms. The Labute approximate surface area is 162 Å². The zero-order valence-electron chi connectivity index (χ0n) is 15.1. The molecular weight excluding hydrogens is 364 g/mol. The second-order valence-electron chi connectivity index (χ2n) is 6.89. The average molecular weight is 386 g/mol. The number of nitrogens with zero attached hydrogens (tertiary/aromatic N) is 2. The molecule has 0 bridgehead atoms.